The van der Waals surface area contributed by atoms with Gasteiger partial charge in [-0.25, -0.2) is 4.98 Å². The summed E-state index contributed by atoms with van der Waals surface area (Å²) in [7, 11) is 0. The first-order valence-electron chi connectivity index (χ1n) is 7.57. The van der Waals surface area contributed by atoms with E-state index in [0.29, 0.717) is 23.6 Å². The highest BCUT2D eigenvalue weighted by atomic mass is 16.5. The Labute approximate surface area is 129 Å². The van der Waals surface area contributed by atoms with Crippen LogP contribution in [0.25, 0.3) is 11.6 Å². The van der Waals surface area contributed by atoms with Crippen molar-refractivity contribution in [1.82, 2.24) is 30.6 Å². The van der Waals surface area contributed by atoms with Gasteiger partial charge in [0, 0.05) is 12.6 Å². The van der Waals surface area contributed by atoms with E-state index in [1.807, 2.05) is 0 Å². The van der Waals surface area contributed by atoms with Crippen LogP contribution in [0, 0.1) is 5.41 Å². The minimum atomic E-state index is -0.0668. The van der Waals surface area contributed by atoms with E-state index in [1.165, 1.54) is 6.33 Å². The van der Waals surface area contributed by atoms with Crippen LogP contribution >= 0.6 is 0 Å². The highest BCUT2D eigenvalue weighted by molar-refractivity contribution is 5.39. The summed E-state index contributed by atoms with van der Waals surface area (Å²) in [5.74, 6) is 1.48. The molecule has 0 radical (unpaired) electrons. The minimum absolute atomic E-state index is 0.0524. The second kappa shape index (κ2) is 6.13. The van der Waals surface area contributed by atoms with Crippen LogP contribution in [0.3, 0.4) is 0 Å². The Bertz CT molecular complexity index is 583. The van der Waals surface area contributed by atoms with Crippen LogP contribution in [0.2, 0.25) is 0 Å². The Balaban J connectivity index is 1.80. The zero-order chi connectivity index (χ0) is 15.6. The van der Waals surface area contributed by atoms with Crippen LogP contribution < -0.4 is 5.32 Å². The van der Waals surface area contributed by atoms with Gasteiger partial charge < -0.3 is 14.6 Å². The lowest BCUT2D eigenvalue weighted by Gasteiger charge is -2.33. The van der Waals surface area contributed by atoms with Crippen LogP contribution in [0.15, 0.2) is 10.9 Å². The van der Waals surface area contributed by atoms with E-state index in [-0.39, 0.29) is 11.5 Å². The predicted molar refractivity (Wildman–Crippen MR) is 78.8 cm³/mol. The molecule has 3 heterocycles. The summed E-state index contributed by atoms with van der Waals surface area (Å²) >= 11 is 0. The number of aromatic nitrogens is 5. The van der Waals surface area contributed by atoms with Crippen molar-refractivity contribution in [2.75, 3.05) is 13.2 Å². The molecule has 0 unspecified atom stereocenters. The van der Waals surface area contributed by atoms with E-state index >= 15 is 0 Å². The molecule has 0 saturated carbocycles. The van der Waals surface area contributed by atoms with Gasteiger partial charge >= 0.3 is 0 Å². The van der Waals surface area contributed by atoms with Crippen molar-refractivity contribution in [3.63, 3.8) is 0 Å². The summed E-state index contributed by atoms with van der Waals surface area (Å²) < 4.78 is 11.0. The third kappa shape index (κ3) is 3.33. The molecule has 1 aliphatic rings. The third-order valence-electron chi connectivity index (χ3n) is 3.74. The second-order valence-corrected chi connectivity index (χ2v) is 6.67. The maximum atomic E-state index is 5.54. The first-order chi connectivity index (χ1) is 10.5. The normalized spacial score (nSPS) is 21.0. The predicted octanol–water partition coefficient (Wildman–Crippen LogP) is 1.71. The van der Waals surface area contributed by atoms with Gasteiger partial charge in [0.05, 0.1) is 12.6 Å². The average Bonchev–Trinajstić information content (AvgIpc) is 3.15. The van der Waals surface area contributed by atoms with Crippen LogP contribution in [-0.4, -0.2) is 44.6 Å². The fourth-order valence-electron chi connectivity index (χ4n) is 2.56. The molecule has 2 aromatic rings. The molecule has 3 rings (SSSR count). The monoisotopic (exact) mass is 306 g/mol. The van der Waals surface area contributed by atoms with Crippen molar-refractivity contribution in [3.8, 4) is 11.6 Å². The van der Waals surface area contributed by atoms with Gasteiger partial charge in [-0.05, 0) is 18.3 Å². The number of rotatable bonds is 4. The second-order valence-electron chi connectivity index (χ2n) is 6.67. The number of ether oxygens (including phenoxy) is 1. The summed E-state index contributed by atoms with van der Waals surface area (Å²) in [6.07, 6.45) is 3.58. The van der Waals surface area contributed by atoms with Gasteiger partial charge in [0.2, 0.25) is 11.7 Å². The fourth-order valence-corrected chi connectivity index (χ4v) is 2.56. The van der Waals surface area contributed by atoms with Crippen molar-refractivity contribution < 1.29 is 9.26 Å². The van der Waals surface area contributed by atoms with Crippen LogP contribution in [-0.2, 0) is 4.74 Å². The number of aromatic amines is 1. The molecule has 8 nitrogen and oxygen atoms in total. The number of nitrogens with one attached hydrogen (secondary N) is 2. The van der Waals surface area contributed by atoms with Crippen molar-refractivity contribution in [3.05, 3.63) is 12.2 Å². The van der Waals surface area contributed by atoms with E-state index in [9.17, 15) is 0 Å². The molecule has 2 atom stereocenters. The summed E-state index contributed by atoms with van der Waals surface area (Å²) in [6.45, 7) is 8.00. The molecule has 0 bridgehead atoms. The van der Waals surface area contributed by atoms with Gasteiger partial charge in [-0.15, -0.1) is 0 Å². The number of nitrogens with zero attached hydrogens (tertiary/aromatic N) is 4. The number of hydrogen-bond donors (Lipinski definition) is 2. The smallest absolute Gasteiger partial charge is 0.244 e. The zero-order valence-corrected chi connectivity index (χ0v) is 13.2. The first-order valence-corrected chi connectivity index (χ1v) is 7.57. The van der Waals surface area contributed by atoms with Crippen LogP contribution in [0.1, 0.15) is 45.5 Å². The van der Waals surface area contributed by atoms with E-state index in [2.05, 4.69) is 51.4 Å². The molecule has 22 heavy (non-hydrogen) atoms. The molecule has 1 fully saturated rings. The Morgan fingerprint density at radius 1 is 1.41 bits per heavy atom. The summed E-state index contributed by atoms with van der Waals surface area (Å²) in [5, 5.41) is 14.1. The Kier molecular flexibility index (Phi) is 4.21. The van der Waals surface area contributed by atoms with Crippen molar-refractivity contribution in [2.24, 2.45) is 5.41 Å². The molecule has 0 spiro atoms. The molecule has 1 aliphatic heterocycles. The van der Waals surface area contributed by atoms with Crippen molar-refractivity contribution in [2.45, 2.75) is 45.7 Å². The quantitative estimate of drug-likeness (QED) is 0.886. The lowest BCUT2D eigenvalue weighted by molar-refractivity contribution is 0.0551. The first kappa shape index (κ1) is 15.1. The highest BCUT2D eigenvalue weighted by Gasteiger charge is 2.34. The van der Waals surface area contributed by atoms with Crippen LogP contribution in [0.5, 0.6) is 0 Å². The summed E-state index contributed by atoms with van der Waals surface area (Å²) in [4.78, 5) is 8.52. The van der Waals surface area contributed by atoms with Gasteiger partial charge in [-0.3, -0.25) is 5.10 Å². The van der Waals surface area contributed by atoms with E-state index in [4.69, 9.17) is 9.26 Å². The Morgan fingerprint density at radius 2 is 2.27 bits per heavy atom. The van der Waals surface area contributed by atoms with Crippen molar-refractivity contribution >= 4 is 0 Å². The molecule has 0 aromatic carbocycles. The largest absolute Gasteiger partial charge is 0.380 e. The molecular formula is C14H22N6O2. The summed E-state index contributed by atoms with van der Waals surface area (Å²) in [6, 6.07) is 0.252. The van der Waals surface area contributed by atoms with E-state index in [0.717, 1.165) is 26.1 Å². The maximum absolute atomic E-state index is 5.54. The third-order valence-corrected chi connectivity index (χ3v) is 3.74. The van der Waals surface area contributed by atoms with Gasteiger partial charge in [0.25, 0.3) is 0 Å². The lowest BCUT2D eigenvalue weighted by Crippen LogP contribution is -2.43. The molecule has 0 aliphatic carbocycles. The minimum Gasteiger partial charge on any atom is -0.380 e. The van der Waals surface area contributed by atoms with E-state index in [1.54, 1.807) is 0 Å². The topological polar surface area (TPSA) is 102 Å². The molecule has 2 aromatic heterocycles. The molecule has 8 heteroatoms. The molecule has 0 amide bonds. The summed E-state index contributed by atoms with van der Waals surface area (Å²) in [5.41, 5.74) is -0.0668. The van der Waals surface area contributed by atoms with Gasteiger partial charge in [-0.1, -0.05) is 25.9 Å². The van der Waals surface area contributed by atoms with Gasteiger partial charge in [-0.2, -0.15) is 10.1 Å². The maximum Gasteiger partial charge on any atom is 0.244 e. The Morgan fingerprint density at radius 3 is 2.91 bits per heavy atom. The van der Waals surface area contributed by atoms with Gasteiger partial charge in [0.15, 0.2) is 5.82 Å². The molecular weight excluding hydrogens is 284 g/mol. The molecule has 120 valence electrons. The van der Waals surface area contributed by atoms with Crippen molar-refractivity contribution in [1.29, 1.82) is 0 Å². The van der Waals surface area contributed by atoms with Crippen LogP contribution in [0.4, 0.5) is 0 Å². The molecule has 2 N–H and O–H groups in total. The SMILES string of the molecule is CC(C)(C)[C@@H](N[C@@H]1CCCOC1)c1nc(-c2ncn[nH]2)no1. The zero-order valence-electron chi connectivity index (χ0n) is 13.2. The lowest BCUT2D eigenvalue weighted by atomic mass is 9.85. The average molecular weight is 306 g/mol. The fraction of sp³-hybridized carbons (Fsp3) is 0.714. The number of H-pyrrole nitrogens is 1. The van der Waals surface area contributed by atoms with Gasteiger partial charge in [0.1, 0.15) is 6.33 Å². The highest BCUT2D eigenvalue weighted by Crippen LogP contribution is 2.33. The number of hydrogen-bond acceptors (Lipinski definition) is 7. The van der Waals surface area contributed by atoms with E-state index < -0.39 is 0 Å². The Hall–Kier alpha value is -1.80. The molecule has 1 saturated heterocycles. The standard InChI is InChI=1S/C14H22N6O2/c1-14(2,3)10(17-9-5-4-6-21-7-9)13-18-12(20-22-13)11-15-8-16-19-11/h8-10,17H,4-7H2,1-3H3,(H,15,16,19)/t9-,10+/m1/s1.